The summed E-state index contributed by atoms with van der Waals surface area (Å²) in [6, 6.07) is -0.313. The van der Waals surface area contributed by atoms with E-state index in [-0.39, 0.29) is 23.9 Å². The van der Waals surface area contributed by atoms with E-state index >= 15 is 0 Å². The molecule has 0 spiro atoms. The lowest BCUT2D eigenvalue weighted by Crippen LogP contribution is -2.40. The summed E-state index contributed by atoms with van der Waals surface area (Å²) in [5.74, 6) is 0.0915. The molecule has 0 fully saturated rings. The second kappa shape index (κ2) is 5.62. The Kier molecular flexibility index (Phi) is 4.45. The van der Waals surface area contributed by atoms with E-state index in [1.54, 1.807) is 6.92 Å². The van der Waals surface area contributed by atoms with E-state index in [1.807, 2.05) is 6.92 Å². The molecule has 0 saturated heterocycles. The van der Waals surface area contributed by atoms with Crippen molar-refractivity contribution in [1.82, 2.24) is 15.5 Å². The maximum Gasteiger partial charge on any atom is 0.312 e. The van der Waals surface area contributed by atoms with E-state index in [0.29, 0.717) is 12.3 Å². The van der Waals surface area contributed by atoms with Crippen molar-refractivity contribution in [3.63, 3.8) is 0 Å². The van der Waals surface area contributed by atoms with Crippen molar-refractivity contribution in [1.29, 1.82) is 0 Å². The van der Waals surface area contributed by atoms with Gasteiger partial charge in [-0.25, -0.2) is 0 Å². The maximum absolute atomic E-state index is 10.8. The Morgan fingerprint density at radius 3 is 2.65 bits per heavy atom. The molecule has 1 heterocycles. The summed E-state index contributed by atoms with van der Waals surface area (Å²) >= 11 is 0. The highest BCUT2D eigenvalue weighted by Crippen LogP contribution is 2.21. The van der Waals surface area contributed by atoms with Crippen LogP contribution < -0.4 is 11.1 Å². The number of carbonyl (C=O) groups excluding carboxylic acids is 1. The number of carbonyl (C=O) groups is 1. The standard InChI is InChI=1S/C10H18N4O3/c1-5(9-13-14-10(11)17-9)4-8(16)6(2)12-7(3)15/h5-6,8,16H,4H2,1-3H3,(H2,11,14)(H,12,15). The molecule has 1 aromatic heterocycles. The molecule has 3 unspecified atom stereocenters. The smallest absolute Gasteiger partial charge is 0.312 e. The van der Waals surface area contributed by atoms with Gasteiger partial charge in [0.2, 0.25) is 11.8 Å². The summed E-state index contributed by atoms with van der Waals surface area (Å²) in [5, 5.41) is 19.8. The van der Waals surface area contributed by atoms with Gasteiger partial charge in [-0.05, 0) is 13.3 Å². The molecule has 96 valence electrons. The van der Waals surface area contributed by atoms with Crippen LogP contribution in [0.4, 0.5) is 6.01 Å². The van der Waals surface area contributed by atoms with Gasteiger partial charge >= 0.3 is 6.01 Å². The molecule has 0 aliphatic carbocycles. The van der Waals surface area contributed by atoms with Crippen LogP contribution in [0.2, 0.25) is 0 Å². The zero-order valence-corrected chi connectivity index (χ0v) is 10.2. The summed E-state index contributed by atoms with van der Waals surface area (Å²) in [6.45, 7) is 4.99. The largest absolute Gasteiger partial charge is 0.408 e. The van der Waals surface area contributed by atoms with E-state index in [1.165, 1.54) is 6.92 Å². The maximum atomic E-state index is 10.8. The number of hydrogen-bond donors (Lipinski definition) is 3. The van der Waals surface area contributed by atoms with Crippen molar-refractivity contribution in [3.05, 3.63) is 5.89 Å². The van der Waals surface area contributed by atoms with Gasteiger partial charge in [-0.1, -0.05) is 12.0 Å². The van der Waals surface area contributed by atoms with Gasteiger partial charge in [-0.3, -0.25) is 4.79 Å². The third kappa shape index (κ3) is 4.03. The molecule has 1 amide bonds. The molecule has 0 saturated carbocycles. The van der Waals surface area contributed by atoms with Gasteiger partial charge in [0, 0.05) is 12.8 Å². The second-order valence-corrected chi connectivity index (χ2v) is 4.17. The van der Waals surface area contributed by atoms with Crippen LogP contribution in [0.1, 0.15) is 39.0 Å². The molecule has 0 aromatic carbocycles. The fourth-order valence-electron chi connectivity index (χ4n) is 1.53. The molecular formula is C10H18N4O3. The predicted octanol–water partition coefficient (Wildman–Crippen LogP) is 0.0309. The zero-order valence-electron chi connectivity index (χ0n) is 10.2. The number of amides is 1. The Morgan fingerprint density at radius 2 is 2.18 bits per heavy atom. The number of aromatic nitrogens is 2. The lowest BCUT2D eigenvalue weighted by atomic mass is 9.99. The average molecular weight is 242 g/mol. The van der Waals surface area contributed by atoms with Gasteiger partial charge in [0.1, 0.15) is 0 Å². The zero-order chi connectivity index (χ0) is 13.0. The van der Waals surface area contributed by atoms with Gasteiger partial charge in [-0.15, -0.1) is 5.10 Å². The van der Waals surface area contributed by atoms with Crippen LogP contribution >= 0.6 is 0 Å². The Morgan fingerprint density at radius 1 is 1.53 bits per heavy atom. The van der Waals surface area contributed by atoms with E-state index in [0.717, 1.165) is 0 Å². The summed E-state index contributed by atoms with van der Waals surface area (Å²) in [7, 11) is 0. The molecule has 0 radical (unpaired) electrons. The summed E-state index contributed by atoms with van der Waals surface area (Å²) in [5.41, 5.74) is 5.31. The normalized spacial score (nSPS) is 16.2. The third-order valence-electron chi connectivity index (χ3n) is 2.48. The minimum Gasteiger partial charge on any atom is -0.408 e. The molecule has 1 aromatic rings. The first-order valence-corrected chi connectivity index (χ1v) is 5.44. The van der Waals surface area contributed by atoms with Crippen LogP contribution in [0.5, 0.6) is 0 Å². The highest BCUT2D eigenvalue weighted by atomic mass is 16.4. The molecule has 1 rings (SSSR count). The van der Waals surface area contributed by atoms with Crippen molar-refractivity contribution in [2.45, 2.75) is 45.3 Å². The highest BCUT2D eigenvalue weighted by Gasteiger charge is 2.21. The van der Waals surface area contributed by atoms with Crippen LogP contribution in [0.15, 0.2) is 4.42 Å². The minimum absolute atomic E-state index is 0.0104. The van der Waals surface area contributed by atoms with Gasteiger partial charge in [0.15, 0.2) is 0 Å². The molecule has 0 aliphatic heterocycles. The van der Waals surface area contributed by atoms with Crippen molar-refractivity contribution in [2.24, 2.45) is 0 Å². The number of nitrogens with zero attached hydrogens (tertiary/aromatic N) is 2. The summed E-state index contributed by atoms with van der Waals surface area (Å²) < 4.78 is 5.06. The third-order valence-corrected chi connectivity index (χ3v) is 2.48. The topological polar surface area (TPSA) is 114 Å². The first-order valence-electron chi connectivity index (χ1n) is 5.44. The lowest BCUT2D eigenvalue weighted by molar-refractivity contribution is -0.120. The quantitative estimate of drug-likeness (QED) is 0.671. The van der Waals surface area contributed by atoms with Crippen LogP contribution in [-0.2, 0) is 4.79 Å². The fourth-order valence-corrected chi connectivity index (χ4v) is 1.53. The van der Waals surface area contributed by atoms with Crippen molar-refractivity contribution < 1.29 is 14.3 Å². The number of nitrogens with one attached hydrogen (secondary N) is 1. The van der Waals surface area contributed by atoms with Crippen LogP contribution in [0, 0.1) is 0 Å². The average Bonchev–Trinajstić information content (AvgIpc) is 2.63. The summed E-state index contributed by atoms with van der Waals surface area (Å²) in [6.07, 6.45) is -0.273. The Balaban J connectivity index is 2.50. The number of nitrogens with two attached hydrogens (primary N) is 1. The van der Waals surface area contributed by atoms with E-state index in [4.69, 9.17) is 10.2 Å². The first-order chi connectivity index (χ1) is 7.90. The molecule has 3 atom stereocenters. The van der Waals surface area contributed by atoms with Gasteiger partial charge in [0.05, 0.1) is 12.1 Å². The molecule has 7 nitrogen and oxygen atoms in total. The van der Waals surface area contributed by atoms with E-state index in [9.17, 15) is 9.90 Å². The number of rotatable bonds is 5. The van der Waals surface area contributed by atoms with E-state index in [2.05, 4.69) is 15.5 Å². The number of hydrogen-bond acceptors (Lipinski definition) is 6. The predicted molar refractivity (Wildman–Crippen MR) is 61.0 cm³/mol. The lowest BCUT2D eigenvalue weighted by Gasteiger charge is -2.21. The van der Waals surface area contributed by atoms with Crippen LogP contribution in [-0.4, -0.2) is 33.4 Å². The number of aliphatic hydroxyl groups excluding tert-OH is 1. The Labute approximate surface area is 99.4 Å². The summed E-state index contributed by atoms with van der Waals surface area (Å²) in [4.78, 5) is 10.8. The molecule has 0 aliphatic rings. The number of nitrogen functional groups attached to an aromatic ring is 1. The Hall–Kier alpha value is -1.63. The van der Waals surface area contributed by atoms with Gasteiger partial charge < -0.3 is 20.6 Å². The Bertz CT molecular complexity index is 379. The number of anilines is 1. The van der Waals surface area contributed by atoms with E-state index < -0.39 is 6.10 Å². The van der Waals surface area contributed by atoms with Gasteiger partial charge in [-0.2, -0.15) is 0 Å². The van der Waals surface area contributed by atoms with Crippen molar-refractivity contribution in [3.8, 4) is 0 Å². The molecular weight excluding hydrogens is 224 g/mol. The monoisotopic (exact) mass is 242 g/mol. The molecule has 17 heavy (non-hydrogen) atoms. The van der Waals surface area contributed by atoms with Crippen LogP contribution in [0.25, 0.3) is 0 Å². The molecule has 7 heteroatoms. The van der Waals surface area contributed by atoms with Crippen molar-refractivity contribution in [2.75, 3.05) is 5.73 Å². The van der Waals surface area contributed by atoms with Crippen LogP contribution in [0.3, 0.4) is 0 Å². The second-order valence-electron chi connectivity index (χ2n) is 4.17. The van der Waals surface area contributed by atoms with Gasteiger partial charge in [0.25, 0.3) is 0 Å². The SMILES string of the molecule is CC(=O)NC(C)C(O)CC(C)c1nnc(N)o1. The first kappa shape index (κ1) is 13.4. The highest BCUT2D eigenvalue weighted by molar-refractivity contribution is 5.73. The van der Waals surface area contributed by atoms with Crippen molar-refractivity contribution >= 4 is 11.9 Å². The minimum atomic E-state index is -0.679. The molecule has 4 N–H and O–H groups in total. The molecule has 0 bridgehead atoms. The fraction of sp³-hybridized carbons (Fsp3) is 0.700. The number of aliphatic hydroxyl groups is 1.